The van der Waals surface area contributed by atoms with Crippen molar-refractivity contribution in [2.75, 3.05) is 0 Å². The van der Waals surface area contributed by atoms with Gasteiger partial charge in [-0.15, -0.1) is 0 Å². The number of alkyl halides is 6. The fraction of sp³-hybridized carbons (Fsp3) is 0.333. The maximum Gasteiger partial charge on any atom is 0.376 e. The van der Waals surface area contributed by atoms with Crippen molar-refractivity contribution in [3.63, 3.8) is 0 Å². The molecule has 0 saturated heterocycles. The lowest BCUT2D eigenvalue weighted by Gasteiger charge is -2.24. The van der Waals surface area contributed by atoms with Crippen molar-refractivity contribution in [2.24, 2.45) is 0 Å². The number of halogens is 8. The van der Waals surface area contributed by atoms with Crippen LogP contribution in [0.1, 0.15) is 16.8 Å². The van der Waals surface area contributed by atoms with Crippen LogP contribution in [0.2, 0.25) is 5.02 Å². The van der Waals surface area contributed by atoms with Gasteiger partial charge in [-0.05, 0) is 18.2 Å². The van der Waals surface area contributed by atoms with Gasteiger partial charge in [-0.1, -0.05) is 27.5 Å². The van der Waals surface area contributed by atoms with E-state index in [1.54, 1.807) is 0 Å². The monoisotopic (exact) mass is 410 g/mol. The summed E-state index contributed by atoms with van der Waals surface area (Å²) in [6, 6.07) is 3.48. The molecule has 0 bridgehead atoms. The second-order valence-corrected chi connectivity index (χ2v) is 5.53. The summed E-state index contributed by atoms with van der Waals surface area (Å²) >= 11 is 8.55. The van der Waals surface area contributed by atoms with Crippen LogP contribution in [0.25, 0.3) is 0 Å². The minimum absolute atomic E-state index is 0.0230. The topological polar surface area (TPSA) is 34.1 Å². The summed E-state index contributed by atoms with van der Waals surface area (Å²) in [5.74, 6) is -15.4. The molecule has 2 nitrogen and oxygen atoms in total. The van der Waals surface area contributed by atoms with E-state index in [9.17, 15) is 35.9 Å². The quantitative estimate of drug-likeness (QED) is 0.384. The summed E-state index contributed by atoms with van der Waals surface area (Å²) < 4.78 is 75.8. The van der Waals surface area contributed by atoms with Gasteiger partial charge in [0.05, 0.1) is 6.42 Å². The highest BCUT2D eigenvalue weighted by atomic mass is 79.9. The molecule has 0 fully saturated rings. The van der Waals surface area contributed by atoms with E-state index in [1.165, 1.54) is 6.07 Å². The van der Waals surface area contributed by atoms with E-state index >= 15 is 0 Å². The molecule has 0 radical (unpaired) electrons. The molecule has 0 aliphatic rings. The first kappa shape index (κ1) is 19.0. The summed E-state index contributed by atoms with van der Waals surface area (Å²) in [5, 5.41) is 0.0230. The number of carbonyl (C=O) groups excluding carboxylic acids is 2. The number of ketones is 2. The highest BCUT2D eigenvalue weighted by Crippen LogP contribution is 2.40. The molecule has 0 aliphatic heterocycles. The van der Waals surface area contributed by atoms with E-state index in [2.05, 4.69) is 15.9 Å². The second-order valence-electron chi connectivity index (χ2n) is 4.18. The lowest BCUT2D eigenvalue weighted by Crippen LogP contribution is -2.52. The molecule has 0 atom stereocenters. The molecule has 0 spiro atoms. The van der Waals surface area contributed by atoms with Gasteiger partial charge in [0.1, 0.15) is 0 Å². The van der Waals surface area contributed by atoms with Gasteiger partial charge in [0, 0.05) is 15.1 Å². The Morgan fingerprint density at radius 2 is 1.68 bits per heavy atom. The Kier molecular flexibility index (Phi) is 5.66. The maximum atomic E-state index is 13.1. The molecule has 1 aromatic carbocycles. The van der Waals surface area contributed by atoms with Crippen LogP contribution in [0.3, 0.4) is 0 Å². The van der Waals surface area contributed by atoms with E-state index in [-0.39, 0.29) is 15.1 Å². The molecular formula is C12H6BrClF6O2. The molecule has 10 heteroatoms. The van der Waals surface area contributed by atoms with Gasteiger partial charge >= 0.3 is 18.3 Å². The smallest absolute Gasteiger partial charge is 0.294 e. The fourth-order valence-electron chi connectivity index (χ4n) is 1.40. The molecule has 0 heterocycles. The highest BCUT2D eigenvalue weighted by Gasteiger charge is 2.67. The van der Waals surface area contributed by atoms with Crippen molar-refractivity contribution in [1.29, 1.82) is 0 Å². The molecule has 0 aromatic heterocycles. The molecule has 0 aliphatic carbocycles. The van der Waals surface area contributed by atoms with Crippen molar-refractivity contribution < 1.29 is 35.9 Å². The minimum atomic E-state index is -5.86. The first-order valence-corrected chi connectivity index (χ1v) is 6.63. The van der Waals surface area contributed by atoms with Crippen LogP contribution < -0.4 is 0 Å². The Labute approximate surface area is 133 Å². The summed E-state index contributed by atoms with van der Waals surface area (Å²) in [5.41, 5.74) is -0.302. The average Bonchev–Trinajstić information content (AvgIpc) is 2.36. The number of Topliss-reactive ketones (excluding diaryl/α,β-unsaturated/α-hetero) is 2. The number of benzene rings is 1. The number of hydrogen-bond donors (Lipinski definition) is 0. The van der Waals surface area contributed by atoms with E-state index in [4.69, 9.17) is 11.6 Å². The summed E-state index contributed by atoms with van der Waals surface area (Å²) in [7, 11) is 0. The number of hydrogen-bond acceptors (Lipinski definition) is 2. The van der Waals surface area contributed by atoms with Gasteiger partial charge in [0.15, 0.2) is 5.78 Å². The summed E-state index contributed by atoms with van der Waals surface area (Å²) in [4.78, 5) is 22.8. The van der Waals surface area contributed by atoms with E-state index in [1.807, 2.05) is 0 Å². The lowest BCUT2D eigenvalue weighted by molar-refractivity contribution is -0.252. The van der Waals surface area contributed by atoms with Crippen molar-refractivity contribution >= 4 is 39.1 Å². The fourth-order valence-corrected chi connectivity index (χ4v) is 2.26. The predicted molar refractivity (Wildman–Crippen MR) is 69.0 cm³/mol. The number of carbonyl (C=O) groups is 2. The molecule has 0 saturated carbocycles. The zero-order valence-corrected chi connectivity index (χ0v) is 12.7. The third kappa shape index (κ3) is 3.81. The third-order valence-electron chi connectivity index (χ3n) is 2.55. The van der Waals surface area contributed by atoms with Gasteiger partial charge in [-0.25, -0.2) is 8.78 Å². The Balaban J connectivity index is 2.99. The Hall–Kier alpha value is -1.09. The molecule has 1 rings (SSSR count). The van der Waals surface area contributed by atoms with Crippen molar-refractivity contribution in [2.45, 2.75) is 24.7 Å². The summed E-state index contributed by atoms with van der Waals surface area (Å²) in [6.07, 6.45) is -6.41. The zero-order valence-electron chi connectivity index (χ0n) is 10.4. The van der Waals surface area contributed by atoms with Crippen LogP contribution in [-0.2, 0) is 4.79 Å². The van der Waals surface area contributed by atoms with Gasteiger partial charge in [0.25, 0.3) is 0 Å². The standard InChI is InChI=1S/C12H6BrClF6O2/c13-6-1-5(2-7(14)3-6)8(21)4-9(22)11(17,18)12(19,20)10(15)16/h1-3,10H,4H2. The Morgan fingerprint density at radius 1 is 1.14 bits per heavy atom. The second kappa shape index (κ2) is 6.57. The molecule has 0 N–H and O–H groups in total. The van der Waals surface area contributed by atoms with Gasteiger partial charge in [-0.2, -0.15) is 17.6 Å². The molecule has 0 unspecified atom stereocenters. The average molecular weight is 412 g/mol. The summed E-state index contributed by atoms with van der Waals surface area (Å²) in [6.45, 7) is 0. The normalized spacial score (nSPS) is 12.6. The van der Waals surface area contributed by atoms with E-state index < -0.39 is 36.3 Å². The first-order valence-electron chi connectivity index (χ1n) is 5.46. The minimum Gasteiger partial charge on any atom is -0.294 e. The van der Waals surface area contributed by atoms with Crippen LogP contribution in [0.15, 0.2) is 22.7 Å². The van der Waals surface area contributed by atoms with E-state index in [0.29, 0.717) is 0 Å². The number of rotatable bonds is 6. The van der Waals surface area contributed by atoms with Crippen molar-refractivity contribution in [3.8, 4) is 0 Å². The van der Waals surface area contributed by atoms with Crippen LogP contribution in [-0.4, -0.2) is 29.8 Å². The molecular weight excluding hydrogens is 405 g/mol. The zero-order chi connectivity index (χ0) is 17.3. The van der Waals surface area contributed by atoms with Crippen LogP contribution in [0, 0.1) is 0 Å². The SMILES string of the molecule is O=C(CC(=O)C(F)(F)C(F)(F)C(F)F)c1cc(Cl)cc(Br)c1. The van der Waals surface area contributed by atoms with Gasteiger partial charge in [0.2, 0.25) is 5.78 Å². The van der Waals surface area contributed by atoms with Crippen molar-refractivity contribution in [1.82, 2.24) is 0 Å². The van der Waals surface area contributed by atoms with Crippen LogP contribution in [0.5, 0.6) is 0 Å². The molecule has 22 heavy (non-hydrogen) atoms. The lowest BCUT2D eigenvalue weighted by atomic mass is 9.99. The molecule has 0 amide bonds. The predicted octanol–water partition coefficient (Wildman–Crippen LogP) is 4.78. The molecule has 1 aromatic rings. The first-order chi connectivity index (χ1) is 9.89. The van der Waals surface area contributed by atoms with E-state index in [0.717, 1.165) is 12.1 Å². The van der Waals surface area contributed by atoms with Crippen molar-refractivity contribution in [3.05, 3.63) is 33.3 Å². The highest BCUT2D eigenvalue weighted by molar-refractivity contribution is 9.10. The Morgan fingerprint density at radius 3 is 2.14 bits per heavy atom. The van der Waals surface area contributed by atoms with Crippen LogP contribution >= 0.6 is 27.5 Å². The third-order valence-corrected chi connectivity index (χ3v) is 3.22. The maximum absolute atomic E-state index is 13.1. The van der Waals surface area contributed by atoms with Crippen LogP contribution in [0.4, 0.5) is 26.3 Å². The Bertz CT molecular complexity index is 585. The van der Waals surface area contributed by atoms with Gasteiger partial charge < -0.3 is 0 Å². The largest absolute Gasteiger partial charge is 0.376 e. The van der Waals surface area contributed by atoms with Gasteiger partial charge in [-0.3, -0.25) is 9.59 Å². The molecule has 122 valence electrons.